The Bertz CT molecular complexity index is 711. The molecule has 140 valence electrons. The van der Waals surface area contributed by atoms with E-state index in [4.69, 9.17) is 0 Å². The minimum atomic E-state index is -0.968. The molecule has 0 saturated carbocycles. The summed E-state index contributed by atoms with van der Waals surface area (Å²) in [6.45, 7) is 9.25. The van der Waals surface area contributed by atoms with Gasteiger partial charge in [-0.2, -0.15) is 0 Å². The molecule has 8 nitrogen and oxygen atoms in total. The monoisotopic (exact) mass is 353 g/mol. The van der Waals surface area contributed by atoms with Crippen molar-refractivity contribution in [2.75, 3.05) is 12.4 Å². The van der Waals surface area contributed by atoms with Crippen LogP contribution in [-0.4, -0.2) is 36.1 Å². The van der Waals surface area contributed by atoms with Crippen LogP contribution in [0.25, 0.3) is 0 Å². The van der Waals surface area contributed by atoms with Gasteiger partial charge in [-0.05, 0) is 17.8 Å². The van der Waals surface area contributed by atoms with E-state index in [1.54, 1.807) is 0 Å². The molecular weight excluding hydrogens is 326 g/mol. The maximum atomic E-state index is 12.7. The summed E-state index contributed by atoms with van der Waals surface area (Å²) in [6, 6.07) is -1.63. The van der Waals surface area contributed by atoms with Gasteiger partial charge in [-0.1, -0.05) is 34.6 Å². The Morgan fingerprint density at radius 2 is 1.64 bits per heavy atom. The standard InChI is InChI=1S/C17H27N3O5/c1-8(2)7-9(19-10-11(21)13(23)12(10)22)15(24)20-14(16(25)18-6)17(3,4)5/h8-9,14,19,21H,7H2,1-6H3,(H,18,25)(H,20,24)/t9-,14+/m0/s1. The third kappa shape index (κ3) is 4.80. The molecule has 0 spiro atoms. The topological polar surface area (TPSA) is 125 Å². The quantitative estimate of drug-likeness (QED) is 0.515. The molecule has 0 bridgehead atoms. The van der Waals surface area contributed by atoms with Crippen LogP contribution in [0, 0.1) is 11.3 Å². The Balaban J connectivity index is 3.02. The Morgan fingerprint density at radius 1 is 1.08 bits per heavy atom. The minimum absolute atomic E-state index is 0.102. The first-order chi connectivity index (χ1) is 11.4. The fraction of sp³-hybridized carbons (Fsp3) is 0.647. The molecular formula is C17H27N3O5. The summed E-state index contributed by atoms with van der Waals surface area (Å²) in [7, 11) is 1.48. The van der Waals surface area contributed by atoms with E-state index in [9.17, 15) is 24.3 Å². The van der Waals surface area contributed by atoms with E-state index in [0.29, 0.717) is 6.42 Å². The van der Waals surface area contributed by atoms with Crippen molar-refractivity contribution in [3.8, 4) is 5.75 Å². The number of anilines is 1. The van der Waals surface area contributed by atoms with Crippen molar-refractivity contribution >= 4 is 17.5 Å². The molecule has 0 unspecified atom stereocenters. The number of carbonyl (C=O) groups is 2. The minimum Gasteiger partial charge on any atom is -0.502 e. The van der Waals surface area contributed by atoms with Crippen LogP contribution in [0.5, 0.6) is 5.75 Å². The average Bonchev–Trinajstić information content (AvgIpc) is 2.52. The molecule has 4 N–H and O–H groups in total. The third-order valence-corrected chi connectivity index (χ3v) is 3.89. The van der Waals surface area contributed by atoms with Crippen molar-refractivity contribution in [1.82, 2.24) is 10.6 Å². The highest BCUT2D eigenvalue weighted by molar-refractivity contribution is 5.91. The Morgan fingerprint density at radius 3 is 2.04 bits per heavy atom. The fourth-order valence-electron chi connectivity index (χ4n) is 2.45. The molecule has 8 heteroatoms. The first-order valence-electron chi connectivity index (χ1n) is 8.20. The average molecular weight is 353 g/mol. The van der Waals surface area contributed by atoms with Gasteiger partial charge in [0.25, 0.3) is 10.9 Å². The molecule has 0 aromatic heterocycles. The van der Waals surface area contributed by atoms with Crippen LogP contribution in [0.15, 0.2) is 9.59 Å². The molecule has 0 aliphatic carbocycles. The van der Waals surface area contributed by atoms with E-state index >= 15 is 0 Å². The van der Waals surface area contributed by atoms with E-state index in [1.807, 2.05) is 34.6 Å². The number of carbonyl (C=O) groups excluding carboxylic acids is 2. The number of hydrogen-bond donors (Lipinski definition) is 4. The van der Waals surface area contributed by atoms with Crippen molar-refractivity contribution in [3.63, 3.8) is 0 Å². The van der Waals surface area contributed by atoms with Gasteiger partial charge in [0.1, 0.15) is 17.8 Å². The summed E-state index contributed by atoms with van der Waals surface area (Å²) >= 11 is 0. The van der Waals surface area contributed by atoms with Gasteiger partial charge in [-0.3, -0.25) is 19.2 Å². The Kier molecular flexibility index (Phi) is 6.34. The van der Waals surface area contributed by atoms with E-state index < -0.39 is 40.0 Å². The molecule has 1 rings (SSSR count). The molecule has 0 aliphatic rings. The second-order valence-electron chi connectivity index (χ2n) is 7.63. The van der Waals surface area contributed by atoms with Crippen molar-refractivity contribution in [2.24, 2.45) is 11.3 Å². The zero-order valence-electron chi connectivity index (χ0n) is 15.5. The van der Waals surface area contributed by atoms with Gasteiger partial charge < -0.3 is 21.1 Å². The number of aromatic hydroxyl groups is 1. The highest BCUT2D eigenvalue weighted by atomic mass is 16.3. The lowest BCUT2D eigenvalue weighted by molar-refractivity contribution is -0.131. The molecule has 0 saturated heterocycles. The fourth-order valence-corrected chi connectivity index (χ4v) is 2.45. The maximum Gasteiger partial charge on any atom is 0.271 e. The third-order valence-electron chi connectivity index (χ3n) is 3.89. The van der Waals surface area contributed by atoms with Crippen molar-refractivity contribution in [1.29, 1.82) is 0 Å². The number of nitrogens with one attached hydrogen (secondary N) is 3. The number of rotatable bonds is 7. The maximum absolute atomic E-state index is 12.7. The van der Waals surface area contributed by atoms with Gasteiger partial charge in [-0.25, -0.2) is 0 Å². The van der Waals surface area contributed by atoms with Gasteiger partial charge in [0.2, 0.25) is 11.8 Å². The first-order valence-corrected chi connectivity index (χ1v) is 8.20. The van der Waals surface area contributed by atoms with E-state index in [1.165, 1.54) is 7.05 Å². The Labute approximate surface area is 146 Å². The zero-order valence-corrected chi connectivity index (χ0v) is 15.5. The van der Waals surface area contributed by atoms with Gasteiger partial charge >= 0.3 is 0 Å². The van der Waals surface area contributed by atoms with Gasteiger partial charge in [0, 0.05) is 7.05 Å². The van der Waals surface area contributed by atoms with Crippen molar-refractivity contribution < 1.29 is 14.7 Å². The van der Waals surface area contributed by atoms with Gasteiger partial charge in [0.05, 0.1) is 0 Å². The van der Waals surface area contributed by atoms with Crippen LogP contribution in [0.4, 0.5) is 5.69 Å². The normalized spacial score (nSPS) is 14.2. The first kappa shape index (κ1) is 20.7. The van der Waals surface area contributed by atoms with Crippen LogP contribution >= 0.6 is 0 Å². The predicted molar refractivity (Wildman–Crippen MR) is 95.3 cm³/mol. The van der Waals surface area contributed by atoms with E-state index in [2.05, 4.69) is 16.0 Å². The summed E-state index contributed by atoms with van der Waals surface area (Å²) in [5, 5.41) is 17.4. The highest BCUT2D eigenvalue weighted by Gasteiger charge is 2.35. The summed E-state index contributed by atoms with van der Waals surface area (Å²) in [5.74, 6) is -1.37. The summed E-state index contributed by atoms with van der Waals surface area (Å²) < 4.78 is 0. The summed E-state index contributed by atoms with van der Waals surface area (Å²) in [6.07, 6.45) is 0.356. The van der Waals surface area contributed by atoms with Crippen molar-refractivity contribution in [2.45, 2.75) is 53.1 Å². The van der Waals surface area contributed by atoms with Crippen LogP contribution < -0.4 is 26.8 Å². The predicted octanol–water partition coefficient (Wildman–Crippen LogP) is 0.0917. The number of amides is 2. The number of hydrogen-bond acceptors (Lipinski definition) is 6. The molecule has 0 aliphatic heterocycles. The molecule has 1 aromatic rings. The second kappa shape index (κ2) is 7.67. The van der Waals surface area contributed by atoms with Crippen LogP contribution in [-0.2, 0) is 9.59 Å². The van der Waals surface area contributed by atoms with E-state index in [-0.39, 0.29) is 17.5 Å². The molecule has 25 heavy (non-hydrogen) atoms. The summed E-state index contributed by atoms with van der Waals surface area (Å²) in [4.78, 5) is 47.4. The lowest BCUT2D eigenvalue weighted by Crippen LogP contribution is -2.56. The van der Waals surface area contributed by atoms with Crippen LogP contribution in [0.1, 0.15) is 41.0 Å². The molecule has 2 amide bonds. The molecule has 2 atom stereocenters. The van der Waals surface area contributed by atoms with Crippen LogP contribution in [0.2, 0.25) is 0 Å². The molecule has 0 radical (unpaired) electrons. The molecule has 1 aromatic carbocycles. The molecule has 0 fully saturated rings. The zero-order chi connectivity index (χ0) is 19.5. The van der Waals surface area contributed by atoms with E-state index in [0.717, 1.165) is 0 Å². The highest BCUT2D eigenvalue weighted by Crippen LogP contribution is 2.22. The van der Waals surface area contributed by atoms with Gasteiger partial charge in [0.15, 0.2) is 5.75 Å². The largest absolute Gasteiger partial charge is 0.502 e. The second-order valence-corrected chi connectivity index (χ2v) is 7.63. The smallest absolute Gasteiger partial charge is 0.271 e. The van der Waals surface area contributed by atoms with Gasteiger partial charge in [-0.15, -0.1) is 0 Å². The number of likely N-dealkylation sites (N-methyl/N-ethyl adjacent to an activating group) is 1. The lowest BCUT2D eigenvalue weighted by Gasteiger charge is -2.32. The SMILES string of the molecule is CNC(=O)[C@@H](NC(=O)[C@H](CC(C)C)Nc1c(O)c(=O)c1=O)C(C)(C)C. The van der Waals surface area contributed by atoms with Crippen molar-refractivity contribution in [3.05, 3.63) is 20.4 Å². The Hall–Kier alpha value is -2.38. The lowest BCUT2D eigenvalue weighted by atomic mass is 9.85. The molecule has 0 heterocycles. The van der Waals surface area contributed by atoms with Crippen LogP contribution in [0.3, 0.4) is 0 Å². The summed E-state index contributed by atoms with van der Waals surface area (Å²) in [5.41, 5.74) is -2.60.